The second kappa shape index (κ2) is 10.8. The van der Waals surface area contributed by atoms with Crippen molar-refractivity contribution in [3.8, 4) is 0 Å². The fourth-order valence-electron chi connectivity index (χ4n) is 2.00. The van der Waals surface area contributed by atoms with Gasteiger partial charge in [0, 0.05) is 18.3 Å². The van der Waals surface area contributed by atoms with Gasteiger partial charge >= 0.3 is 5.97 Å². The Morgan fingerprint density at radius 3 is 2.89 bits per heavy atom. The van der Waals surface area contributed by atoms with Crippen LogP contribution in [0.3, 0.4) is 0 Å². The Hall–Kier alpha value is -3.28. The van der Waals surface area contributed by atoms with Gasteiger partial charge in [-0.3, -0.25) is 14.8 Å². The van der Waals surface area contributed by atoms with Crippen LogP contribution in [0.2, 0.25) is 0 Å². The van der Waals surface area contributed by atoms with Gasteiger partial charge in [0.05, 0.1) is 19.2 Å². The molecule has 2 heterocycles. The van der Waals surface area contributed by atoms with E-state index in [4.69, 9.17) is 10.9 Å². The van der Waals surface area contributed by atoms with E-state index in [9.17, 15) is 14.0 Å². The third-order valence-electron chi connectivity index (χ3n) is 3.33. The number of aryl methyl sites for hydroxylation is 1. The van der Waals surface area contributed by atoms with E-state index in [0.717, 1.165) is 17.6 Å². The van der Waals surface area contributed by atoms with Crippen molar-refractivity contribution in [3.63, 3.8) is 0 Å². The number of halogens is 1. The van der Waals surface area contributed by atoms with Crippen molar-refractivity contribution >= 4 is 40.3 Å². The zero-order valence-electron chi connectivity index (χ0n) is 14.7. The van der Waals surface area contributed by atoms with E-state index in [1.807, 2.05) is 0 Å². The molecular formula is C16H18FN7O3S. The van der Waals surface area contributed by atoms with Crippen molar-refractivity contribution < 1.29 is 19.1 Å². The van der Waals surface area contributed by atoms with Gasteiger partial charge in [0.15, 0.2) is 5.71 Å². The standard InChI is InChI=1S/C16H18FN7O3S/c17-10(8-19-9-12(22-18)15(26)27)4-5-14-23-24-16(28-14)21-13(25)7-11-3-1-2-6-20-11/h1-3,6,9-10H,4-5,7-8,18H2,(H,26,27)(H,21,24,25). The lowest BCUT2D eigenvalue weighted by molar-refractivity contribution is -0.129. The number of carbonyl (C=O) groups is 2. The number of nitrogens with two attached hydrogens (primary N) is 1. The highest BCUT2D eigenvalue weighted by molar-refractivity contribution is 7.15. The lowest BCUT2D eigenvalue weighted by Gasteiger charge is -2.02. The van der Waals surface area contributed by atoms with E-state index < -0.39 is 17.9 Å². The summed E-state index contributed by atoms with van der Waals surface area (Å²) in [4.78, 5) is 30.4. The molecule has 0 aliphatic heterocycles. The van der Waals surface area contributed by atoms with Crippen molar-refractivity contribution in [2.24, 2.45) is 15.9 Å². The average Bonchev–Trinajstić information content (AvgIpc) is 3.11. The van der Waals surface area contributed by atoms with Crippen LogP contribution in [0.4, 0.5) is 9.52 Å². The summed E-state index contributed by atoms with van der Waals surface area (Å²) in [7, 11) is 0. The Balaban J connectivity index is 1.75. The average molecular weight is 407 g/mol. The van der Waals surface area contributed by atoms with Crippen LogP contribution in [-0.2, 0) is 22.4 Å². The highest BCUT2D eigenvalue weighted by atomic mass is 32.1. The van der Waals surface area contributed by atoms with E-state index in [0.29, 0.717) is 22.3 Å². The zero-order chi connectivity index (χ0) is 20.4. The molecule has 0 aliphatic rings. The minimum absolute atomic E-state index is 0.116. The van der Waals surface area contributed by atoms with Gasteiger partial charge in [-0.05, 0) is 18.6 Å². The molecule has 1 atom stereocenters. The number of aliphatic carboxylic acids is 1. The monoisotopic (exact) mass is 407 g/mol. The summed E-state index contributed by atoms with van der Waals surface area (Å²) in [6.07, 6.45) is 1.76. The number of carboxylic acid groups (broad SMARTS) is 1. The van der Waals surface area contributed by atoms with E-state index in [1.165, 1.54) is 0 Å². The Morgan fingerprint density at radius 1 is 1.39 bits per heavy atom. The molecule has 1 unspecified atom stereocenters. The maximum Gasteiger partial charge on any atom is 0.357 e. The molecule has 2 aromatic rings. The van der Waals surface area contributed by atoms with E-state index in [2.05, 4.69) is 30.6 Å². The SMILES string of the molecule is NN=C(C=NCC(F)CCc1nnc(NC(=O)Cc2ccccn2)s1)C(=O)O. The number of carboxylic acids is 1. The first-order valence-electron chi connectivity index (χ1n) is 8.15. The predicted octanol–water partition coefficient (Wildman–Crippen LogP) is 0.855. The number of rotatable bonds is 10. The minimum atomic E-state index is -1.34. The van der Waals surface area contributed by atoms with Crippen LogP contribution in [0, 0.1) is 0 Å². The first-order valence-corrected chi connectivity index (χ1v) is 8.96. The number of hydrogen-bond acceptors (Lipinski definition) is 9. The molecule has 0 spiro atoms. The van der Waals surface area contributed by atoms with Gasteiger partial charge in [0.1, 0.15) is 11.2 Å². The van der Waals surface area contributed by atoms with Crippen LogP contribution < -0.4 is 11.2 Å². The lowest BCUT2D eigenvalue weighted by Crippen LogP contribution is -2.17. The third-order valence-corrected chi connectivity index (χ3v) is 4.23. The van der Waals surface area contributed by atoms with Crippen LogP contribution >= 0.6 is 11.3 Å². The molecule has 28 heavy (non-hydrogen) atoms. The summed E-state index contributed by atoms with van der Waals surface area (Å²) < 4.78 is 13.9. The number of pyridine rings is 1. The van der Waals surface area contributed by atoms with E-state index >= 15 is 0 Å². The van der Waals surface area contributed by atoms with Crippen LogP contribution in [0.1, 0.15) is 17.1 Å². The normalized spacial score (nSPS) is 12.8. The number of hydrogen-bond donors (Lipinski definition) is 3. The summed E-state index contributed by atoms with van der Waals surface area (Å²) in [5.74, 6) is 3.27. The molecule has 0 radical (unpaired) electrons. The number of hydrazone groups is 1. The van der Waals surface area contributed by atoms with Gasteiger partial charge in [-0.2, -0.15) is 5.10 Å². The number of nitrogens with zero attached hydrogens (tertiary/aromatic N) is 5. The zero-order valence-corrected chi connectivity index (χ0v) is 15.5. The van der Waals surface area contributed by atoms with Crippen molar-refractivity contribution in [1.29, 1.82) is 0 Å². The second-order valence-corrected chi connectivity index (χ2v) is 6.56. The maximum atomic E-state index is 13.9. The minimum Gasteiger partial charge on any atom is -0.476 e. The largest absolute Gasteiger partial charge is 0.476 e. The Kier molecular flexibility index (Phi) is 8.09. The maximum absolute atomic E-state index is 13.9. The van der Waals surface area contributed by atoms with Gasteiger partial charge < -0.3 is 16.3 Å². The summed E-state index contributed by atoms with van der Waals surface area (Å²) in [5.41, 5.74) is 0.179. The summed E-state index contributed by atoms with van der Waals surface area (Å²) in [6.45, 7) is -0.223. The number of alkyl halides is 1. The summed E-state index contributed by atoms with van der Waals surface area (Å²) in [5, 5.41) is 23.0. The number of nitrogens with one attached hydrogen (secondary N) is 1. The summed E-state index contributed by atoms with van der Waals surface area (Å²) >= 11 is 1.16. The number of aliphatic imine (C=N–C) groups is 1. The molecule has 0 saturated heterocycles. The molecule has 1 amide bonds. The van der Waals surface area contributed by atoms with Gasteiger partial charge in [-0.1, -0.05) is 17.4 Å². The Morgan fingerprint density at radius 2 is 2.21 bits per heavy atom. The fraction of sp³-hybridized carbons (Fsp3) is 0.312. The molecule has 0 bridgehead atoms. The topological polar surface area (TPSA) is 156 Å². The molecule has 2 rings (SSSR count). The van der Waals surface area contributed by atoms with Gasteiger partial charge in [0.25, 0.3) is 0 Å². The van der Waals surface area contributed by atoms with Crippen LogP contribution in [0.25, 0.3) is 0 Å². The van der Waals surface area contributed by atoms with Crippen molar-refractivity contribution in [2.45, 2.75) is 25.4 Å². The Bertz CT molecular complexity index is 857. The fourth-order valence-corrected chi connectivity index (χ4v) is 2.78. The van der Waals surface area contributed by atoms with Crippen LogP contribution in [0.15, 0.2) is 34.5 Å². The smallest absolute Gasteiger partial charge is 0.357 e. The molecule has 2 aromatic heterocycles. The molecule has 0 saturated carbocycles. The van der Waals surface area contributed by atoms with Crippen molar-refractivity contribution in [1.82, 2.24) is 15.2 Å². The van der Waals surface area contributed by atoms with E-state index in [1.54, 1.807) is 24.4 Å². The molecule has 0 aromatic carbocycles. The Labute approximate surface area is 163 Å². The molecule has 12 heteroatoms. The number of anilines is 1. The van der Waals surface area contributed by atoms with Gasteiger partial charge in [0.2, 0.25) is 11.0 Å². The van der Waals surface area contributed by atoms with E-state index in [-0.39, 0.29) is 25.3 Å². The third kappa shape index (κ3) is 7.15. The molecular weight excluding hydrogens is 389 g/mol. The first-order chi connectivity index (χ1) is 13.5. The van der Waals surface area contributed by atoms with Crippen molar-refractivity contribution in [2.75, 3.05) is 11.9 Å². The van der Waals surface area contributed by atoms with Crippen LogP contribution in [0.5, 0.6) is 0 Å². The highest BCUT2D eigenvalue weighted by Gasteiger charge is 2.12. The summed E-state index contributed by atoms with van der Waals surface area (Å²) in [6, 6.07) is 5.30. The molecule has 0 fully saturated rings. The number of carbonyl (C=O) groups excluding carboxylic acids is 1. The molecule has 10 nitrogen and oxygen atoms in total. The lowest BCUT2D eigenvalue weighted by atomic mass is 10.2. The van der Waals surface area contributed by atoms with Gasteiger partial charge in [-0.15, -0.1) is 10.2 Å². The molecule has 148 valence electrons. The molecule has 0 aliphatic carbocycles. The number of amides is 1. The van der Waals surface area contributed by atoms with Crippen LogP contribution in [-0.4, -0.2) is 56.8 Å². The highest BCUT2D eigenvalue weighted by Crippen LogP contribution is 2.18. The van der Waals surface area contributed by atoms with Gasteiger partial charge in [-0.25, -0.2) is 9.18 Å². The quantitative estimate of drug-likeness (QED) is 0.299. The second-order valence-electron chi connectivity index (χ2n) is 5.50. The number of aromatic nitrogens is 3. The molecule has 4 N–H and O–H groups in total. The predicted molar refractivity (Wildman–Crippen MR) is 102 cm³/mol. The first kappa shape index (κ1) is 21.0. The van der Waals surface area contributed by atoms with Crippen molar-refractivity contribution in [3.05, 3.63) is 35.1 Å².